The number of likely N-dealkylation sites (tertiary alicyclic amines) is 1. The van der Waals surface area contributed by atoms with Crippen LogP contribution in [0.5, 0.6) is 0 Å². The number of nitrogens with one attached hydrogen (secondary N) is 1. The van der Waals surface area contributed by atoms with Crippen molar-refractivity contribution in [3.8, 4) is 0 Å². The molecule has 1 aromatic carbocycles. The van der Waals surface area contributed by atoms with Crippen molar-refractivity contribution < 1.29 is 14.7 Å². The van der Waals surface area contributed by atoms with Crippen LogP contribution in [-0.2, 0) is 11.2 Å². The molecule has 1 fully saturated rings. The second-order valence-corrected chi connectivity index (χ2v) is 5.77. The lowest BCUT2D eigenvalue weighted by Gasteiger charge is -2.17. The van der Waals surface area contributed by atoms with E-state index in [4.69, 9.17) is 28.3 Å². The van der Waals surface area contributed by atoms with Gasteiger partial charge in [-0.3, -0.25) is 4.79 Å². The number of amides is 2. The van der Waals surface area contributed by atoms with E-state index in [-0.39, 0.29) is 12.6 Å². The minimum atomic E-state index is -0.854. The number of carbonyl (C=O) groups is 2. The summed E-state index contributed by atoms with van der Waals surface area (Å²) in [5, 5.41) is 12.8. The highest BCUT2D eigenvalue weighted by atomic mass is 35.5. The zero-order valence-electron chi connectivity index (χ0n) is 11.3. The third kappa shape index (κ3) is 4.02. The van der Waals surface area contributed by atoms with Crippen molar-refractivity contribution >= 4 is 35.2 Å². The van der Waals surface area contributed by atoms with Gasteiger partial charge in [0.2, 0.25) is 0 Å². The number of urea groups is 1. The number of carboxylic acids is 1. The van der Waals surface area contributed by atoms with E-state index in [2.05, 4.69) is 5.32 Å². The highest BCUT2D eigenvalue weighted by Gasteiger charge is 2.30. The zero-order valence-corrected chi connectivity index (χ0v) is 12.8. The molecule has 0 aliphatic carbocycles. The lowest BCUT2D eigenvalue weighted by Crippen LogP contribution is -2.39. The highest BCUT2D eigenvalue weighted by Crippen LogP contribution is 2.24. The van der Waals surface area contributed by atoms with Crippen LogP contribution in [0.3, 0.4) is 0 Å². The predicted molar refractivity (Wildman–Crippen MR) is 80.9 cm³/mol. The summed E-state index contributed by atoms with van der Waals surface area (Å²) >= 11 is 12.1. The number of halogens is 2. The van der Waals surface area contributed by atoms with Gasteiger partial charge in [-0.25, -0.2) is 4.79 Å². The van der Waals surface area contributed by atoms with Gasteiger partial charge in [-0.2, -0.15) is 0 Å². The van der Waals surface area contributed by atoms with Crippen LogP contribution in [0.15, 0.2) is 18.2 Å². The van der Waals surface area contributed by atoms with E-state index in [0.29, 0.717) is 36.0 Å². The van der Waals surface area contributed by atoms with E-state index < -0.39 is 11.9 Å². The van der Waals surface area contributed by atoms with Crippen LogP contribution < -0.4 is 5.32 Å². The van der Waals surface area contributed by atoms with Crippen LogP contribution in [0.2, 0.25) is 10.0 Å². The molecular weight excluding hydrogens is 315 g/mol. The van der Waals surface area contributed by atoms with Crippen LogP contribution in [0.4, 0.5) is 4.79 Å². The van der Waals surface area contributed by atoms with E-state index in [1.54, 1.807) is 18.2 Å². The summed E-state index contributed by atoms with van der Waals surface area (Å²) in [4.78, 5) is 24.3. The molecule has 2 N–H and O–H groups in total. The summed E-state index contributed by atoms with van der Waals surface area (Å²) in [5.74, 6) is -1.32. The first kappa shape index (κ1) is 15.9. The number of carbonyl (C=O) groups excluding carboxylic acids is 1. The average Bonchev–Trinajstić information content (AvgIpc) is 2.92. The molecule has 2 amide bonds. The Labute approximate surface area is 132 Å². The number of nitrogens with zero attached hydrogens (tertiary/aromatic N) is 1. The standard InChI is InChI=1S/C14H16Cl2N2O3/c15-11-2-1-3-12(16)10(11)4-6-17-14(21)18-7-5-9(8-18)13(19)20/h1-3,9H,4-8H2,(H,17,21)(H,19,20). The maximum Gasteiger partial charge on any atom is 0.317 e. The Morgan fingerprint density at radius 3 is 2.57 bits per heavy atom. The number of rotatable bonds is 4. The second-order valence-electron chi connectivity index (χ2n) is 4.95. The summed E-state index contributed by atoms with van der Waals surface area (Å²) < 4.78 is 0. The molecule has 1 unspecified atom stereocenters. The summed E-state index contributed by atoms with van der Waals surface area (Å²) in [6.45, 7) is 1.13. The van der Waals surface area contributed by atoms with Gasteiger partial charge in [0.05, 0.1) is 5.92 Å². The van der Waals surface area contributed by atoms with Crippen molar-refractivity contribution in [3.05, 3.63) is 33.8 Å². The van der Waals surface area contributed by atoms with Gasteiger partial charge in [-0.1, -0.05) is 29.3 Å². The molecule has 5 nitrogen and oxygen atoms in total. The van der Waals surface area contributed by atoms with Gasteiger partial charge < -0.3 is 15.3 Å². The van der Waals surface area contributed by atoms with Crippen LogP contribution in [0.1, 0.15) is 12.0 Å². The molecule has 1 aliphatic heterocycles. The van der Waals surface area contributed by atoms with Crippen molar-refractivity contribution in [3.63, 3.8) is 0 Å². The van der Waals surface area contributed by atoms with Crippen molar-refractivity contribution in [1.82, 2.24) is 10.2 Å². The lowest BCUT2D eigenvalue weighted by atomic mass is 10.1. The predicted octanol–water partition coefficient (Wildman–Crippen LogP) is 2.65. The molecule has 2 rings (SSSR count). The third-order valence-electron chi connectivity index (χ3n) is 3.54. The first-order valence-electron chi connectivity index (χ1n) is 6.67. The van der Waals surface area contributed by atoms with Crippen molar-refractivity contribution in [2.24, 2.45) is 5.92 Å². The Hall–Kier alpha value is -1.46. The second kappa shape index (κ2) is 7.00. The number of hydrogen-bond acceptors (Lipinski definition) is 2. The number of carboxylic acid groups (broad SMARTS) is 1. The lowest BCUT2D eigenvalue weighted by molar-refractivity contribution is -0.141. The molecule has 0 aromatic heterocycles. The Morgan fingerprint density at radius 1 is 1.33 bits per heavy atom. The molecule has 1 aliphatic rings. The fraction of sp³-hybridized carbons (Fsp3) is 0.429. The molecule has 0 bridgehead atoms. The molecule has 1 atom stereocenters. The molecular formula is C14H16Cl2N2O3. The first-order valence-corrected chi connectivity index (χ1v) is 7.43. The van der Waals surface area contributed by atoms with Crippen LogP contribution in [0, 0.1) is 5.92 Å². The number of aliphatic carboxylic acids is 1. The molecule has 0 radical (unpaired) electrons. The highest BCUT2D eigenvalue weighted by molar-refractivity contribution is 6.35. The minimum absolute atomic E-state index is 0.248. The Balaban J connectivity index is 1.81. The van der Waals surface area contributed by atoms with Gasteiger partial charge >= 0.3 is 12.0 Å². The van der Waals surface area contributed by atoms with Gasteiger partial charge in [-0.05, 0) is 30.5 Å². The maximum atomic E-state index is 11.9. The topological polar surface area (TPSA) is 69.6 Å². The van der Waals surface area contributed by atoms with E-state index in [0.717, 1.165) is 5.56 Å². The van der Waals surface area contributed by atoms with Crippen molar-refractivity contribution in [2.45, 2.75) is 12.8 Å². The molecule has 0 spiro atoms. The largest absolute Gasteiger partial charge is 0.481 e. The summed E-state index contributed by atoms with van der Waals surface area (Å²) in [7, 11) is 0. The van der Waals surface area contributed by atoms with Gasteiger partial charge in [0.1, 0.15) is 0 Å². The van der Waals surface area contributed by atoms with Crippen LogP contribution >= 0.6 is 23.2 Å². The molecule has 7 heteroatoms. The van der Waals surface area contributed by atoms with E-state index in [9.17, 15) is 9.59 Å². The van der Waals surface area contributed by atoms with E-state index >= 15 is 0 Å². The van der Waals surface area contributed by atoms with Crippen molar-refractivity contribution in [1.29, 1.82) is 0 Å². The monoisotopic (exact) mass is 330 g/mol. The molecule has 1 heterocycles. The molecule has 0 saturated carbocycles. The smallest absolute Gasteiger partial charge is 0.317 e. The minimum Gasteiger partial charge on any atom is -0.481 e. The normalized spacial score (nSPS) is 17.8. The van der Waals surface area contributed by atoms with Crippen LogP contribution in [0.25, 0.3) is 0 Å². The average molecular weight is 331 g/mol. The quantitative estimate of drug-likeness (QED) is 0.891. The van der Waals surface area contributed by atoms with Gasteiger partial charge in [-0.15, -0.1) is 0 Å². The van der Waals surface area contributed by atoms with Crippen LogP contribution in [-0.4, -0.2) is 41.6 Å². The fourth-order valence-corrected chi connectivity index (χ4v) is 2.91. The van der Waals surface area contributed by atoms with Gasteiger partial charge in [0.25, 0.3) is 0 Å². The summed E-state index contributed by atoms with van der Waals surface area (Å²) in [5.41, 5.74) is 0.797. The fourth-order valence-electron chi connectivity index (χ4n) is 2.32. The first-order chi connectivity index (χ1) is 9.99. The molecule has 114 valence electrons. The van der Waals surface area contributed by atoms with E-state index in [1.807, 2.05) is 0 Å². The zero-order chi connectivity index (χ0) is 15.4. The van der Waals surface area contributed by atoms with E-state index in [1.165, 1.54) is 4.90 Å². The molecule has 21 heavy (non-hydrogen) atoms. The Kier molecular flexibility index (Phi) is 5.31. The SMILES string of the molecule is O=C(O)C1CCN(C(=O)NCCc2c(Cl)cccc2Cl)C1. The number of benzene rings is 1. The molecule has 1 saturated heterocycles. The molecule has 1 aromatic rings. The number of hydrogen-bond donors (Lipinski definition) is 2. The van der Waals surface area contributed by atoms with Crippen molar-refractivity contribution in [2.75, 3.05) is 19.6 Å². The maximum absolute atomic E-state index is 11.9. The Bertz CT molecular complexity index is 531. The summed E-state index contributed by atoms with van der Waals surface area (Å²) in [6.07, 6.45) is 1.03. The summed E-state index contributed by atoms with van der Waals surface area (Å²) in [6, 6.07) is 5.02. The Morgan fingerprint density at radius 2 is 2.00 bits per heavy atom. The third-order valence-corrected chi connectivity index (χ3v) is 4.25. The van der Waals surface area contributed by atoms with Gasteiger partial charge in [0, 0.05) is 29.7 Å². The van der Waals surface area contributed by atoms with Gasteiger partial charge in [0.15, 0.2) is 0 Å².